The first-order valence-corrected chi connectivity index (χ1v) is 11.7. The Morgan fingerprint density at radius 1 is 0.919 bits per heavy atom. The van der Waals surface area contributed by atoms with Crippen molar-refractivity contribution in [2.24, 2.45) is 0 Å². The van der Waals surface area contributed by atoms with Crippen molar-refractivity contribution in [2.45, 2.75) is 31.7 Å². The number of aliphatic carboxylic acids is 1. The number of benzene rings is 2. The number of carboxylic acid groups (broad SMARTS) is 1. The molecular formula is C27H28FN4NaO4. The van der Waals surface area contributed by atoms with E-state index in [2.05, 4.69) is 20.9 Å². The molecule has 1 atom stereocenters. The third kappa shape index (κ3) is 10.3. The monoisotopic (exact) mass is 514 g/mol. The van der Waals surface area contributed by atoms with Crippen LogP contribution in [0.4, 0.5) is 10.2 Å². The third-order valence-corrected chi connectivity index (χ3v) is 5.45. The van der Waals surface area contributed by atoms with Gasteiger partial charge in [-0.3, -0.25) is 9.59 Å². The van der Waals surface area contributed by atoms with Gasteiger partial charge in [0.2, 0.25) is 11.8 Å². The van der Waals surface area contributed by atoms with E-state index in [9.17, 15) is 23.9 Å². The second-order valence-electron chi connectivity index (χ2n) is 8.17. The van der Waals surface area contributed by atoms with Crippen LogP contribution in [-0.2, 0) is 14.4 Å². The van der Waals surface area contributed by atoms with Gasteiger partial charge in [0.05, 0.1) is 12.6 Å². The maximum Gasteiger partial charge on any atom is 1.00 e. The first kappa shape index (κ1) is 30.0. The zero-order chi connectivity index (χ0) is 25.8. The number of unbranched alkanes of at least 4 members (excludes halogenated alkanes) is 1. The first-order valence-electron chi connectivity index (χ1n) is 11.7. The summed E-state index contributed by atoms with van der Waals surface area (Å²) in [6.07, 6.45) is 2.90. The molecule has 0 aliphatic heterocycles. The number of aromatic nitrogens is 1. The number of nitrogens with one attached hydrogen (secondary N) is 3. The fourth-order valence-electron chi connectivity index (χ4n) is 3.62. The second-order valence-corrected chi connectivity index (χ2v) is 8.17. The number of amides is 2. The summed E-state index contributed by atoms with van der Waals surface area (Å²) >= 11 is 0. The molecule has 0 saturated carbocycles. The average Bonchev–Trinajstić information content (AvgIpc) is 2.88. The summed E-state index contributed by atoms with van der Waals surface area (Å²) in [4.78, 5) is 39.8. The number of halogens is 1. The summed E-state index contributed by atoms with van der Waals surface area (Å²) < 4.78 is 14.0. The van der Waals surface area contributed by atoms with E-state index >= 15 is 0 Å². The summed E-state index contributed by atoms with van der Waals surface area (Å²) in [7, 11) is 0. The van der Waals surface area contributed by atoms with E-state index in [1.54, 1.807) is 48.7 Å². The van der Waals surface area contributed by atoms with Crippen LogP contribution in [0.25, 0.3) is 11.1 Å². The minimum atomic E-state index is -1.33. The van der Waals surface area contributed by atoms with Crippen LogP contribution in [0.3, 0.4) is 0 Å². The largest absolute Gasteiger partial charge is 1.00 e. The fraction of sp³-hybridized carbons (Fsp3) is 0.259. The molecule has 10 heteroatoms. The fourth-order valence-corrected chi connectivity index (χ4v) is 3.62. The Bertz CT molecular complexity index is 1160. The molecule has 0 bridgehead atoms. The van der Waals surface area contributed by atoms with Crippen LogP contribution in [0, 0.1) is 5.82 Å². The topological polar surface area (TPSA) is 123 Å². The summed E-state index contributed by atoms with van der Waals surface area (Å²) in [5, 5.41) is 19.6. The molecule has 2 aromatic carbocycles. The van der Waals surface area contributed by atoms with Gasteiger partial charge in [-0.15, -0.1) is 0 Å². The molecule has 0 aliphatic rings. The molecule has 188 valence electrons. The van der Waals surface area contributed by atoms with Gasteiger partial charge in [0.1, 0.15) is 11.6 Å². The number of pyridine rings is 1. The van der Waals surface area contributed by atoms with E-state index < -0.39 is 24.3 Å². The molecule has 0 saturated heterocycles. The smallest absolute Gasteiger partial charge is 0.550 e. The van der Waals surface area contributed by atoms with Gasteiger partial charge in [0.25, 0.3) is 0 Å². The number of hydrogen-bond donors (Lipinski definition) is 3. The third-order valence-electron chi connectivity index (χ3n) is 5.45. The van der Waals surface area contributed by atoms with Crippen molar-refractivity contribution in [3.8, 4) is 11.1 Å². The van der Waals surface area contributed by atoms with E-state index in [-0.39, 0.29) is 54.2 Å². The van der Waals surface area contributed by atoms with Crippen molar-refractivity contribution in [1.29, 1.82) is 0 Å². The van der Waals surface area contributed by atoms with Gasteiger partial charge in [-0.25, -0.2) is 9.37 Å². The van der Waals surface area contributed by atoms with Crippen molar-refractivity contribution in [1.82, 2.24) is 15.6 Å². The van der Waals surface area contributed by atoms with Gasteiger partial charge in [0.15, 0.2) is 0 Å². The summed E-state index contributed by atoms with van der Waals surface area (Å²) in [5.74, 6) is -1.73. The molecule has 0 spiro atoms. The van der Waals surface area contributed by atoms with Crippen LogP contribution < -0.4 is 50.6 Å². The van der Waals surface area contributed by atoms with E-state index in [1.807, 2.05) is 18.2 Å². The molecule has 3 N–H and O–H groups in total. The Labute approximate surface area is 237 Å². The normalized spacial score (nSPS) is 11.1. The number of anilines is 1. The van der Waals surface area contributed by atoms with Crippen LogP contribution in [-0.4, -0.2) is 35.9 Å². The molecule has 2 amide bonds. The van der Waals surface area contributed by atoms with Gasteiger partial charge in [-0.2, -0.15) is 0 Å². The van der Waals surface area contributed by atoms with Gasteiger partial charge in [-0.1, -0.05) is 48.5 Å². The predicted molar refractivity (Wildman–Crippen MR) is 132 cm³/mol. The minimum Gasteiger partial charge on any atom is -0.550 e. The van der Waals surface area contributed by atoms with E-state index in [4.69, 9.17) is 0 Å². The number of carbonyl (C=O) groups excluding carboxylic acids is 3. The Morgan fingerprint density at radius 3 is 2.32 bits per heavy atom. The number of nitrogens with zero attached hydrogens (tertiary/aromatic N) is 1. The summed E-state index contributed by atoms with van der Waals surface area (Å²) in [6.45, 7) is 0.396. The Balaban J connectivity index is 0.00000481. The maximum atomic E-state index is 14.0. The Morgan fingerprint density at radius 2 is 1.65 bits per heavy atom. The van der Waals surface area contributed by atoms with Crippen molar-refractivity contribution >= 4 is 23.6 Å². The molecule has 37 heavy (non-hydrogen) atoms. The van der Waals surface area contributed by atoms with Gasteiger partial charge < -0.3 is 25.9 Å². The van der Waals surface area contributed by atoms with Crippen LogP contribution in [0.1, 0.15) is 37.3 Å². The second kappa shape index (κ2) is 15.8. The van der Waals surface area contributed by atoms with E-state index in [0.717, 1.165) is 12.2 Å². The molecule has 3 aromatic rings. The molecule has 1 heterocycles. The SMILES string of the molecule is O=C([O-])CC(NC(=O)CNC(=O)CCCCNc1ccccn1)c1ccc(-c2ccccc2F)cc1.[Na+]. The van der Waals surface area contributed by atoms with Crippen molar-refractivity contribution in [2.75, 3.05) is 18.4 Å². The van der Waals surface area contributed by atoms with Crippen molar-refractivity contribution in [3.63, 3.8) is 0 Å². The van der Waals surface area contributed by atoms with Gasteiger partial charge in [0, 0.05) is 37.1 Å². The number of hydrogen-bond acceptors (Lipinski definition) is 6. The van der Waals surface area contributed by atoms with Crippen LogP contribution >= 0.6 is 0 Å². The molecule has 3 rings (SSSR count). The van der Waals surface area contributed by atoms with Crippen LogP contribution in [0.2, 0.25) is 0 Å². The standard InChI is InChI=1S/C27H29FN4O4.Na/c28-22-8-2-1-7-21(22)19-11-13-20(14-12-19)23(17-27(35)36)32-26(34)18-31-25(33)10-4-6-16-30-24-9-3-5-15-29-24;/h1-3,5,7-9,11-15,23H,4,6,10,16-18H2,(H,29,30)(H,31,33)(H,32,34)(H,35,36);/q;+1/p-1. The maximum absolute atomic E-state index is 14.0. The molecule has 0 aliphatic carbocycles. The molecule has 0 radical (unpaired) electrons. The summed E-state index contributed by atoms with van der Waals surface area (Å²) in [6, 6.07) is 17.6. The summed E-state index contributed by atoms with van der Waals surface area (Å²) in [5.41, 5.74) is 1.57. The average molecular weight is 515 g/mol. The Kier molecular flexibility index (Phi) is 12.8. The van der Waals surface area contributed by atoms with E-state index in [1.165, 1.54) is 6.07 Å². The minimum absolute atomic E-state index is 0. The number of carboxylic acids is 1. The molecule has 1 aromatic heterocycles. The molecule has 8 nitrogen and oxygen atoms in total. The van der Waals surface area contributed by atoms with E-state index in [0.29, 0.717) is 29.7 Å². The van der Waals surface area contributed by atoms with Crippen molar-refractivity contribution < 1.29 is 53.4 Å². The zero-order valence-corrected chi connectivity index (χ0v) is 22.7. The van der Waals surface area contributed by atoms with Crippen molar-refractivity contribution in [3.05, 3.63) is 84.3 Å². The van der Waals surface area contributed by atoms with Gasteiger partial charge in [-0.05, 0) is 42.2 Å². The predicted octanol–water partition coefficient (Wildman–Crippen LogP) is -0.412. The first-order chi connectivity index (χ1) is 17.4. The number of rotatable bonds is 13. The van der Waals surface area contributed by atoms with Crippen LogP contribution in [0.5, 0.6) is 0 Å². The quantitative estimate of drug-likeness (QED) is 0.211. The number of carbonyl (C=O) groups is 3. The molecule has 0 fully saturated rings. The van der Waals surface area contributed by atoms with Crippen LogP contribution in [0.15, 0.2) is 72.9 Å². The molecule has 1 unspecified atom stereocenters. The molecular weight excluding hydrogens is 486 g/mol. The van der Waals surface area contributed by atoms with Gasteiger partial charge >= 0.3 is 29.6 Å². The zero-order valence-electron chi connectivity index (χ0n) is 20.7. The Hall–Kier alpha value is -3.27.